The standard InChI is InChI=1S/C14H19N3O/c1-18-12-7-5-11(6-8-12)17-13(9-16-14(17)15)10-3-2-4-10/h5-8,10,13H,2-4,9H2,1H3,(H2,15,16). The van der Waals surface area contributed by atoms with Crippen molar-refractivity contribution in [3.63, 3.8) is 0 Å². The first kappa shape index (κ1) is 11.4. The number of guanidine groups is 1. The molecule has 1 atom stereocenters. The van der Waals surface area contributed by atoms with Crippen molar-refractivity contribution in [2.75, 3.05) is 18.6 Å². The van der Waals surface area contributed by atoms with Crippen LogP contribution in [0, 0.1) is 5.92 Å². The number of anilines is 1. The molecule has 0 radical (unpaired) electrons. The molecule has 1 aliphatic carbocycles. The van der Waals surface area contributed by atoms with Gasteiger partial charge in [-0.3, -0.25) is 4.99 Å². The third kappa shape index (κ3) is 1.82. The predicted molar refractivity (Wildman–Crippen MR) is 73.1 cm³/mol. The molecule has 1 heterocycles. The summed E-state index contributed by atoms with van der Waals surface area (Å²) in [5.41, 5.74) is 7.15. The lowest BCUT2D eigenvalue weighted by Crippen LogP contribution is -2.46. The number of ether oxygens (including phenoxy) is 1. The van der Waals surface area contributed by atoms with Crippen LogP contribution in [-0.2, 0) is 0 Å². The minimum atomic E-state index is 0.451. The third-order valence-corrected chi connectivity index (χ3v) is 4.06. The summed E-state index contributed by atoms with van der Waals surface area (Å²) in [5, 5.41) is 0. The van der Waals surface area contributed by atoms with Gasteiger partial charge in [0.15, 0.2) is 5.96 Å². The van der Waals surface area contributed by atoms with E-state index in [9.17, 15) is 0 Å². The number of benzene rings is 1. The second-order valence-corrected chi connectivity index (χ2v) is 5.03. The lowest BCUT2D eigenvalue weighted by Gasteiger charge is -2.37. The van der Waals surface area contributed by atoms with Crippen LogP contribution >= 0.6 is 0 Å². The Bertz CT molecular complexity index is 451. The van der Waals surface area contributed by atoms with Gasteiger partial charge < -0.3 is 15.4 Å². The molecule has 2 aliphatic rings. The molecule has 0 aromatic heterocycles. The maximum Gasteiger partial charge on any atom is 0.196 e. The Balaban J connectivity index is 1.84. The molecular formula is C14H19N3O. The van der Waals surface area contributed by atoms with Crippen LogP contribution in [0.1, 0.15) is 19.3 Å². The van der Waals surface area contributed by atoms with Crippen LogP contribution in [0.5, 0.6) is 5.75 Å². The highest BCUT2D eigenvalue weighted by molar-refractivity contribution is 5.97. The highest BCUT2D eigenvalue weighted by Gasteiger charge is 2.36. The summed E-state index contributed by atoms with van der Waals surface area (Å²) in [6.07, 6.45) is 3.96. The predicted octanol–water partition coefficient (Wildman–Crippen LogP) is 2.00. The molecule has 1 fully saturated rings. The van der Waals surface area contributed by atoms with Crippen molar-refractivity contribution in [2.45, 2.75) is 25.3 Å². The number of nitrogens with two attached hydrogens (primary N) is 1. The Kier molecular flexibility index (Phi) is 2.86. The molecular weight excluding hydrogens is 226 g/mol. The Morgan fingerprint density at radius 1 is 1.28 bits per heavy atom. The zero-order valence-electron chi connectivity index (χ0n) is 10.7. The van der Waals surface area contributed by atoms with Crippen LogP contribution in [0.25, 0.3) is 0 Å². The summed E-state index contributed by atoms with van der Waals surface area (Å²) in [6, 6.07) is 8.50. The van der Waals surface area contributed by atoms with Gasteiger partial charge in [0.05, 0.1) is 19.7 Å². The van der Waals surface area contributed by atoms with Gasteiger partial charge in [-0.1, -0.05) is 6.42 Å². The summed E-state index contributed by atoms with van der Waals surface area (Å²) < 4.78 is 5.19. The monoisotopic (exact) mass is 245 g/mol. The number of methoxy groups -OCH3 is 1. The number of hydrogen-bond acceptors (Lipinski definition) is 4. The fourth-order valence-corrected chi connectivity index (χ4v) is 2.77. The summed E-state index contributed by atoms with van der Waals surface area (Å²) in [7, 11) is 1.68. The van der Waals surface area contributed by atoms with Gasteiger partial charge in [0.1, 0.15) is 5.75 Å². The van der Waals surface area contributed by atoms with Gasteiger partial charge in [-0.25, -0.2) is 0 Å². The molecule has 1 saturated carbocycles. The largest absolute Gasteiger partial charge is 0.497 e. The smallest absolute Gasteiger partial charge is 0.196 e. The number of hydrogen-bond donors (Lipinski definition) is 1. The van der Waals surface area contributed by atoms with Crippen molar-refractivity contribution >= 4 is 11.6 Å². The summed E-state index contributed by atoms with van der Waals surface area (Å²) in [4.78, 5) is 6.59. The first-order valence-electron chi connectivity index (χ1n) is 6.53. The number of rotatable bonds is 3. The lowest BCUT2D eigenvalue weighted by atomic mass is 9.79. The minimum absolute atomic E-state index is 0.451. The Labute approximate surface area is 107 Å². The molecule has 0 saturated heterocycles. The van der Waals surface area contributed by atoms with Crippen LogP contribution in [0.3, 0.4) is 0 Å². The summed E-state index contributed by atoms with van der Waals surface area (Å²) in [5.74, 6) is 2.27. The lowest BCUT2D eigenvalue weighted by molar-refractivity contribution is 0.271. The zero-order valence-corrected chi connectivity index (χ0v) is 10.7. The highest BCUT2D eigenvalue weighted by Crippen LogP contribution is 2.36. The quantitative estimate of drug-likeness (QED) is 0.886. The van der Waals surface area contributed by atoms with Gasteiger partial charge in [0.2, 0.25) is 0 Å². The molecule has 4 nitrogen and oxygen atoms in total. The molecule has 1 unspecified atom stereocenters. The van der Waals surface area contributed by atoms with Gasteiger partial charge in [-0.15, -0.1) is 0 Å². The zero-order chi connectivity index (χ0) is 12.5. The van der Waals surface area contributed by atoms with E-state index in [2.05, 4.69) is 22.0 Å². The second-order valence-electron chi connectivity index (χ2n) is 5.03. The molecule has 1 aliphatic heterocycles. The van der Waals surface area contributed by atoms with Crippen molar-refractivity contribution in [2.24, 2.45) is 16.6 Å². The Morgan fingerprint density at radius 2 is 2.00 bits per heavy atom. The molecule has 1 aromatic carbocycles. The minimum Gasteiger partial charge on any atom is -0.497 e. The fourth-order valence-electron chi connectivity index (χ4n) is 2.77. The average molecular weight is 245 g/mol. The van der Waals surface area contributed by atoms with E-state index in [0.29, 0.717) is 12.0 Å². The SMILES string of the molecule is COc1ccc(N2C(N)=NCC2C2CCC2)cc1. The van der Waals surface area contributed by atoms with Gasteiger partial charge in [0.25, 0.3) is 0 Å². The third-order valence-electron chi connectivity index (χ3n) is 4.06. The topological polar surface area (TPSA) is 50.9 Å². The van der Waals surface area contributed by atoms with E-state index in [1.807, 2.05) is 12.1 Å². The van der Waals surface area contributed by atoms with Gasteiger partial charge in [-0.2, -0.15) is 0 Å². The second kappa shape index (κ2) is 4.52. The van der Waals surface area contributed by atoms with Gasteiger partial charge >= 0.3 is 0 Å². The first-order valence-corrected chi connectivity index (χ1v) is 6.53. The Morgan fingerprint density at radius 3 is 2.56 bits per heavy atom. The van der Waals surface area contributed by atoms with Crippen LogP contribution in [0.2, 0.25) is 0 Å². The van der Waals surface area contributed by atoms with Crippen LogP contribution in [-0.4, -0.2) is 25.7 Å². The van der Waals surface area contributed by atoms with Crippen molar-refractivity contribution in [1.82, 2.24) is 0 Å². The number of nitrogens with zero attached hydrogens (tertiary/aromatic N) is 2. The van der Waals surface area contributed by atoms with Crippen molar-refractivity contribution in [3.8, 4) is 5.75 Å². The Hall–Kier alpha value is -1.71. The van der Waals surface area contributed by atoms with E-state index in [1.54, 1.807) is 7.11 Å². The normalized spacial score (nSPS) is 23.7. The van der Waals surface area contributed by atoms with Gasteiger partial charge in [0, 0.05) is 5.69 Å². The molecule has 3 rings (SSSR count). The highest BCUT2D eigenvalue weighted by atomic mass is 16.5. The van der Waals surface area contributed by atoms with E-state index < -0.39 is 0 Å². The van der Waals surface area contributed by atoms with E-state index in [0.717, 1.165) is 23.9 Å². The maximum absolute atomic E-state index is 6.03. The van der Waals surface area contributed by atoms with E-state index in [4.69, 9.17) is 10.5 Å². The van der Waals surface area contributed by atoms with Crippen LogP contribution < -0.4 is 15.4 Å². The fraction of sp³-hybridized carbons (Fsp3) is 0.500. The molecule has 96 valence electrons. The molecule has 0 amide bonds. The van der Waals surface area contributed by atoms with E-state index in [1.165, 1.54) is 19.3 Å². The van der Waals surface area contributed by atoms with E-state index >= 15 is 0 Å². The van der Waals surface area contributed by atoms with Gasteiger partial charge in [-0.05, 0) is 43.0 Å². The van der Waals surface area contributed by atoms with Crippen LogP contribution in [0.15, 0.2) is 29.3 Å². The van der Waals surface area contributed by atoms with Crippen molar-refractivity contribution in [3.05, 3.63) is 24.3 Å². The number of aliphatic imine (C=N–C) groups is 1. The molecule has 18 heavy (non-hydrogen) atoms. The molecule has 2 N–H and O–H groups in total. The van der Waals surface area contributed by atoms with Crippen molar-refractivity contribution in [1.29, 1.82) is 0 Å². The van der Waals surface area contributed by atoms with E-state index in [-0.39, 0.29) is 0 Å². The van der Waals surface area contributed by atoms with Crippen LogP contribution in [0.4, 0.5) is 5.69 Å². The maximum atomic E-state index is 6.03. The molecule has 0 bridgehead atoms. The van der Waals surface area contributed by atoms with Crippen molar-refractivity contribution < 1.29 is 4.74 Å². The average Bonchev–Trinajstić information content (AvgIpc) is 2.69. The molecule has 4 heteroatoms. The summed E-state index contributed by atoms with van der Waals surface area (Å²) >= 11 is 0. The first-order chi connectivity index (χ1) is 8.79. The molecule has 0 spiro atoms. The summed E-state index contributed by atoms with van der Waals surface area (Å²) in [6.45, 7) is 0.836. The molecule has 1 aromatic rings.